The van der Waals surface area contributed by atoms with E-state index >= 15 is 0 Å². The summed E-state index contributed by atoms with van der Waals surface area (Å²) >= 11 is 0. The van der Waals surface area contributed by atoms with Crippen molar-refractivity contribution in [3.05, 3.63) is 11.5 Å². The van der Waals surface area contributed by atoms with Crippen molar-refractivity contribution in [3.63, 3.8) is 0 Å². The number of hydrogen-bond acceptors (Lipinski definition) is 4. The summed E-state index contributed by atoms with van der Waals surface area (Å²) in [4.78, 5) is 46.0. The molecule has 2 aliphatic rings. The lowest BCUT2D eigenvalue weighted by molar-refractivity contribution is -0.149. The van der Waals surface area contributed by atoms with E-state index in [-0.39, 0.29) is 18.3 Å². The molecule has 4 amide bonds. The second-order valence-electron chi connectivity index (χ2n) is 3.58. The monoisotopic (exact) mass is 218 g/mol. The molecule has 7 heteroatoms. The fourth-order valence-electron chi connectivity index (χ4n) is 1.73. The largest absolute Gasteiger partial charge is 0.295 e. The third-order valence-corrected chi connectivity index (χ3v) is 2.50. The first-order valence-corrected chi connectivity index (χ1v) is 4.69. The van der Waals surface area contributed by atoms with Crippen LogP contribution in [-0.2, 0) is 19.2 Å². The normalized spacial score (nSPS) is 25.9. The molecule has 0 saturated carbocycles. The highest BCUT2D eigenvalue weighted by molar-refractivity contribution is 6.42. The summed E-state index contributed by atoms with van der Waals surface area (Å²) in [6, 6.07) is -0.935. The van der Waals surface area contributed by atoms with Crippen LogP contribution < -0.4 is 5.32 Å². The Morgan fingerprint density at radius 1 is 1.31 bits per heavy atom. The third kappa shape index (κ3) is 1.54. The van der Waals surface area contributed by atoms with Crippen LogP contribution in [-0.4, -0.2) is 42.4 Å². The predicted octanol–water partition coefficient (Wildman–Crippen LogP) is -1.79. The van der Waals surface area contributed by atoms with E-state index in [2.05, 4.69) is 5.32 Å². The van der Waals surface area contributed by atoms with Crippen LogP contribution in [0.4, 0.5) is 0 Å². The van der Waals surface area contributed by atoms with Gasteiger partial charge < -0.3 is 0 Å². The molecule has 0 aromatic carbocycles. The van der Waals surface area contributed by atoms with E-state index in [4.69, 9.17) is 7.85 Å². The van der Waals surface area contributed by atoms with Gasteiger partial charge in [0.2, 0.25) is 17.7 Å². The second kappa shape index (κ2) is 3.59. The van der Waals surface area contributed by atoms with Crippen molar-refractivity contribution in [1.82, 2.24) is 10.2 Å². The van der Waals surface area contributed by atoms with E-state index in [1.807, 2.05) is 0 Å². The average Bonchev–Trinajstić information content (AvgIpc) is 2.43. The van der Waals surface area contributed by atoms with Crippen molar-refractivity contribution in [1.29, 1.82) is 0 Å². The predicted molar refractivity (Wildman–Crippen MR) is 51.9 cm³/mol. The summed E-state index contributed by atoms with van der Waals surface area (Å²) in [6.45, 7) is 0. The quantitative estimate of drug-likeness (QED) is 0.416. The van der Waals surface area contributed by atoms with Gasteiger partial charge in [0.15, 0.2) is 0 Å². The molecule has 2 radical (unpaired) electrons. The minimum Gasteiger partial charge on any atom is -0.295 e. The summed E-state index contributed by atoms with van der Waals surface area (Å²) in [5, 5.41) is 2.07. The van der Waals surface area contributed by atoms with Crippen LogP contribution in [0.15, 0.2) is 11.5 Å². The average molecular weight is 218 g/mol. The highest BCUT2D eigenvalue weighted by atomic mass is 16.2. The van der Waals surface area contributed by atoms with E-state index in [9.17, 15) is 19.2 Å². The van der Waals surface area contributed by atoms with Crippen LogP contribution in [0.5, 0.6) is 0 Å². The van der Waals surface area contributed by atoms with Gasteiger partial charge in [0, 0.05) is 12.5 Å². The first-order valence-electron chi connectivity index (χ1n) is 4.69. The molecular formula is C9H7BN2O4. The zero-order chi connectivity index (χ0) is 11.9. The number of hydrogen-bond donors (Lipinski definition) is 1. The summed E-state index contributed by atoms with van der Waals surface area (Å²) in [6.07, 6.45) is 1.22. The molecule has 0 aromatic heterocycles. The van der Waals surface area contributed by atoms with Crippen molar-refractivity contribution in [2.24, 2.45) is 0 Å². The molecule has 16 heavy (non-hydrogen) atoms. The molecule has 0 bridgehead atoms. The number of imide groups is 2. The van der Waals surface area contributed by atoms with E-state index in [0.29, 0.717) is 0 Å². The summed E-state index contributed by atoms with van der Waals surface area (Å²) < 4.78 is 0. The molecule has 6 nitrogen and oxygen atoms in total. The van der Waals surface area contributed by atoms with Crippen LogP contribution in [0, 0.1) is 0 Å². The fourth-order valence-corrected chi connectivity index (χ4v) is 1.73. The number of piperidine rings is 1. The first-order chi connectivity index (χ1) is 7.50. The molecule has 1 N–H and O–H groups in total. The van der Waals surface area contributed by atoms with Crippen LogP contribution in [0.1, 0.15) is 12.8 Å². The van der Waals surface area contributed by atoms with E-state index in [1.54, 1.807) is 0 Å². The molecule has 80 valence electrons. The molecule has 2 rings (SSSR count). The summed E-state index contributed by atoms with van der Waals surface area (Å²) in [5.41, 5.74) is -0.185. The van der Waals surface area contributed by atoms with Gasteiger partial charge >= 0.3 is 0 Å². The number of carbonyl (C=O) groups excluding carboxylic acids is 4. The summed E-state index contributed by atoms with van der Waals surface area (Å²) in [7, 11) is 5.29. The van der Waals surface area contributed by atoms with Crippen LogP contribution in [0.25, 0.3) is 0 Å². The first kappa shape index (κ1) is 10.6. The Hall–Kier alpha value is -1.92. The zero-order valence-corrected chi connectivity index (χ0v) is 8.23. The number of nitrogens with zero attached hydrogens (tertiary/aromatic N) is 1. The standard InChI is InChI=1S/C9H7BN2O4/c10-4-3-7(14)12(9(4)16)5-1-2-6(13)11-8(5)15/h3,5H,1-2H2,(H,11,13,15). The Bertz CT molecular complexity index is 443. The molecule has 0 spiro atoms. The van der Waals surface area contributed by atoms with Crippen molar-refractivity contribution in [2.75, 3.05) is 0 Å². The van der Waals surface area contributed by atoms with Gasteiger partial charge in [-0.2, -0.15) is 0 Å². The second-order valence-corrected chi connectivity index (χ2v) is 3.58. The number of carbonyl (C=O) groups is 4. The Kier molecular flexibility index (Phi) is 2.38. The third-order valence-electron chi connectivity index (χ3n) is 2.50. The molecule has 1 unspecified atom stereocenters. The van der Waals surface area contributed by atoms with Crippen LogP contribution in [0.3, 0.4) is 0 Å². The molecule has 1 atom stereocenters. The number of rotatable bonds is 1. The van der Waals surface area contributed by atoms with Crippen molar-refractivity contribution in [3.8, 4) is 0 Å². The maximum Gasteiger partial charge on any atom is 0.253 e. The van der Waals surface area contributed by atoms with Crippen molar-refractivity contribution < 1.29 is 19.2 Å². The van der Waals surface area contributed by atoms with Gasteiger partial charge in [0.1, 0.15) is 13.9 Å². The maximum atomic E-state index is 11.5. The van der Waals surface area contributed by atoms with Crippen molar-refractivity contribution >= 4 is 31.5 Å². The Labute approximate surface area is 92.1 Å². The summed E-state index contributed by atoms with van der Waals surface area (Å²) in [5.74, 6) is -2.33. The van der Waals surface area contributed by atoms with E-state index in [0.717, 1.165) is 11.0 Å². The lowest BCUT2D eigenvalue weighted by Gasteiger charge is -2.28. The van der Waals surface area contributed by atoms with Gasteiger partial charge in [-0.15, -0.1) is 0 Å². The van der Waals surface area contributed by atoms with E-state index in [1.165, 1.54) is 0 Å². The molecule has 1 saturated heterocycles. The van der Waals surface area contributed by atoms with Gasteiger partial charge in [-0.25, -0.2) is 0 Å². The topological polar surface area (TPSA) is 83.6 Å². The lowest BCUT2D eigenvalue weighted by atomic mass is 9.96. The minimum absolute atomic E-state index is 0.105. The molecule has 1 fully saturated rings. The molecule has 2 heterocycles. The van der Waals surface area contributed by atoms with Crippen molar-refractivity contribution in [2.45, 2.75) is 18.9 Å². The van der Waals surface area contributed by atoms with Gasteiger partial charge in [0.05, 0.1) is 0 Å². The maximum absolute atomic E-state index is 11.5. The van der Waals surface area contributed by atoms with Gasteiger partial charge in [-0.1, -0.05) is 0 Å². The number of amides is 4. The Morgan fingerprint density at radius 3 is 2.50 bits per heavy atom. The zero-order valence-electron chi connectivity index (χ0n) is 8.23. The van der Waals surface area contributed by atoms with Crippen LogP contribution >= 0.6 is 0 Å². The highest BCUT2D eigenvalue weighted by Crippen LogP contribution is 2.19. The number of nitrogens with one attached hydrogen (secondary N) is 1. The van der Waals surface area contributed by atoms with Gasteiger partial charge in [-0.05, 0) is 11.9 Å². The fraction of sp³-hybridized carbons (Fsp3) is 0.333. The smallest absolute Gasteiger partial charge is 0.253 e. The van der Waals surface area contributed by atoms with Gasteiger partial charge in [-0.3, -0.25) is 29.4 Å². The highest BCUT2D eigenvalue weighted by Gasteiger charge is 2.40. The Balaban J connectivity index is 2.21. The van der Waals surface area contributed by atoms with Crippen LogP contribution in [0.2, 0.25) is 0 Å². The van der Waals surface area contributed by atoms with Gasteiger partial charge in [0.25, 0.3) is 5.91 Å². The molecule has 2 aliphatic heterocycles. The SMILES string of the molecule is [B]C1=CC(=O)N(C2CCC(=O)NC2=O)C1=O. The molecule has 0 aromatic rings. The molecule has 0 aliphatic carbocycles. The lowest BCUT2D eigenvalue weighted by Crippen LogP contribution is -2.54. The Morgan fingerprint density at radius 2 is 2.00 bits per heavy atom. The molecular weight excluding hydrogens is 211 g/mol. The van der Waals surface area contributed by atoms with E-state index < -0.39 is 29.7 Å². The minimum atomic E-state index is -0.935.